The average molecular weight is 284 g/mol. The van der Waals surface area contributed by atoms with Gasteiger partial charge in [-0.25, -0.2) is 0 Å². The number of halogens is 1. The zero-order chi connectivity index (χ0) is 13.8. The van der Waals surface area contributed by atoms with E-state index in [0.29, 0.717) is 12.0 Å². The smallest absolute Gasteiger partial charge is 0.0849 e. The van der Waals surface area contributed by atoms with Crippen LogP contribution in [0, 0.1) is 5.92 Å². The number of nitrogens with one attached hydrogen (secondary N) is 1. The minimum absolute atomic E-state index is 0.624. The Morgan fingerprint density at radius 1 is 1.32 bits per heavy atom. The molecule has 0 radical (unpaired) electrons. The summed E-state index contributed by atoms with van der Waals surface area (Å²) in [5, 5.41) is 8.93. The standard InChI is InChI=1S/C15H26ClN3/c1-4-12-15(16)14(19(3)18-12)10-11-8-6-5-7-9-13(11)17-2/h11,13,17H,4-10H2,1-3H3. The van der Waals surface area contributed by atoms with E-state index in [-0.39, 0.29) is 0 Å². The summed E-state index contributed by atoms with van der Waals surface area (Å²) in [5.74, 6) is 0.685. The number of aromatic nitrogens is 2. The van der Waals surface area contributed by atoms with Crippen LogP contribution in [0.15, 0.2) is 0 Å². The maximum Gasteiger partial charge on any atom is 0.0849 e. The van der Waals surface area contributed by atoms with Crippen LogP contribution in [0.5, 0.6) is 0 Å². The minimum atomic E-state index is 0.624. The van der Waals surface area contributed by atoms with Crippen molar-refractivity contribution in [2.75, 3.05) is 7.05 Å². The molecule has 2 rings (SSSR count). The largest absolute Gasteiger partial charge is 0.317 e. The summed E-state index contributed by atoms with van der Waals surface area (Å²) in [6.45, 7) is 2.11. The molecule has 2 unspecified atom stereocenters. The van der Waals surface area contributed by atoms with Crippen molar-refractivity contribution in [1.82, 2.24) is 15.1 Å². The van der Waals surface area contributed by atoms with E-state index in [9.17, 15) is 0 Å². The van der Waals surface area contributed by atoms with Crippen molar-refractivity contribution < 1.29 is 0 Å². The van der Waals surface area contributed by atoms with Gasteiger partial charge in [-0.15, -0.1) is 0 Å². The molecule has 1 aromatic rings. The molecule has 1 aliphatic carbocycles. The Hall–Kier alpha value is -0.540. The molecule has 0 spiro atoms. The molecule has 0 amide bonds. The summed E-state index contributed by atoms with van der Waals surface area (Å²) in [5.41, 5.74) is 2.25. The van der Waals surface area contributed by atoms with Crippen molar-refractivity contribution in [3.05, 3.63) is 16.4 Å². The van der Waals surface area contributed by atoms with Crippen molar-refractivity contribution in [1.29, 1.82) is 0 Å². The fraction of sp³-hybridized carbons (Fsp3) is 0.800. The fourth-order valence-corrected chi connectivity index (χ4v) is 3.67. The summed E-state index contributed by atoms with van der Waals surface area (Å²) < 4.78 is 1.98. The van der Waals surface area contributed by atoms with Gasteiger partial charge < -0.3 is 5.32 Å². The van der Waals surface area contributed by atoms with Crippen LogP contribution in [0.3, 0.4) is 0 Å². The summed E-state index contributed by atoms with van der Waals surface area (Å²) in [6, 6.07) is 0.624. The van der Waals surface area contributed by atoms with Gasteiger partial charge in [0, 0.05) is 13.1 Å². The Morgan fingerprint density at radius 3 is 2.68 bits per heavy atom. The molecule has 1 aromatic heterocycles. The van der Waals surface area contributed by atoms with Crippen LogP contribution in [-0.2, 0) is 19.9 Å². The molecule has 1 heterocycles. The molecule has 0 bridgehead atoms. The van der Waals surface area contributed by atoms with Crippen LogP contribution in [0.1, 0.15) is 50.4 Å². The van der Waals surface area contributed by atoms with Crippen molar-refractivity contribution in [3.8, 4) is 0 Å². The lowest BCUT2D eigenvalue weighted by molar-refractivity contribution is 0.344. The lowest BCUT2D eigenvalue weighted by Crippen LogP contribution is -2.34. The van der Waals surface area contributed by atoms with E-state index in [2.05, 4.69) is 24.4 Å². The highest BCUT2D eigenvalue weighted by Crippen LogP contribution is 2.30. The fourth-order valence-electron chi connectivity index (χ4n) is 3.30. The molecule has 1 fully saturated rings. The Balaban J connectivity index is 2.16. The quantitative estimate of drug-likeness (QED) is 0.859. The lowest BCUT2D eigenvalue weighted by Gasteiger charge is -2.24. The summed E-state index contributed by atoms with van der Waals surface area (Å²) in [6.07, 6.45) is 8.61. The van der Waals surface area contributed by atoms with E-state index in [1.165, 1.54) is 37.8 Å². The average Bonchev–Trinajstić information content (AvgIpc) is 2.60. The van der Waals surface area contributed by atoms with E-state index < -0.39 is 0 Å². The highest BCUT2D eigenvalue weighted by atomic mass is 35.5. The normalized spacial score (nSPS) is 24.4. The first-order valence-electron chi connectivity index (χ1n) is 7.54. The van der Waals surface area contributed by atoms with Gasteiger partial charge in [-0.2, -0.15) is 5.10 Å². The zero-order valence-corrected chi connectivity index (χ0v) is 13.1. The molecular weight excluding hydrogens is 258 g/mol. The summed E-state index contributed by atoms with van der Waals surface area (Å²) >= 11 is 6.48. The maximum atomic E-state index is 6.48. The summed E-state index contributed by atoms with van der Waals surface area (Å²) in [7, 11) is 4.11. The molecule has 19 heavy (non-hydrogen) atoms. The molecular formula is C15H26ClN3. The van der Waals surface area contributed by atoms with E-state index >= 15 is 0 Å². The van der Waals surface area contributed by atoms with Gasteiger partial charge in [-0.1, -0.05) is 37.8 Å². The molecule has 3 nitrogen and oxygen atoms in total. The third-order valence-electron chi connectivity index (χ3n) is 4.49. The first-order chi connectivity index (χ1) is 9.17. The van der Waals surface area contributed by atoms with Gasteiger partial charge in [0.2, 0.25) is 0 Å². The van der Waals surface area contributed by atoms with Crippen LogP contribution in [0.2, 0.25) is 5.02 Å². The van der Waals surface area contributed by atoms with E-state index in [0.717, 1.165) is 23.6 Å². The number of nitrogens with zero attached hydrogens (tertiary/aromatic N) is 2. The lowest BCUT2D eigenvalue weighted by atomic mass is 9.90. The molecule has 108 valence electrons. The maximum absolute atomic E-state index is 6.48. The SMILES string of the molecule is CCc1nn(C)c(CC2CCCCCC2NC)c1Cl. The molecule has 1 saturated carbocycles. The molecule has 2 atom stereocenters. The van der Waals surface area contributed by atoms with Crippen molar-refractivity contribution in [2.45, 2.75) is 57.9 Å². The van der Waals surface area contributed by atoms with Gasteiger partial charge in [0.1, 0.15) is 0 Å². The molecule has 0 aromatic carbocycles. The second kappa shape index (κ2) is 6.76. The molecule has 0 aliphatic heterocycles. The minimum Gasteiger partial charge on any atom is -0.317 e. The molecule has 0 saturated heterocycles. The van der Waals surface area contributed by atoms with Crippen molar-refractivity contribution in [3.63, 3.8) is 0 Å². The number of hydrogen-bond donors (Lipinski definition) is 1. The van der Waals surface area contributed by atoms with E-state index in [1.54, 1.807) is 0 Å². The summed E-state index contributed by atoms with van der Waals surface area (Å²) in [4.78, 5) is 0. The predicted molar refractivity (Wildman–Crippen MR) is 80.7 cm³/mol. The van der Waals surface area contributed by atoms with Crippen molar-refractivity contribution >= 4 is 11.6 Å². The van der Waals surface area contributed by atoms with Gasteiger partial charge in [-0.05, 0) is 38.6 Å². The van der Waals surface area contributed by atoms with Crippen LogP contribution in [0.25, 0.3) is 0 Å². The van der Waals surface area contributed by atoms with Gasteiger partial charge in [0.25, 0.3) is 0 Å². The van der Waals surface area contributed by atoms with E-state index in [1.807, 2.05) is 11.7 Å². The Kier molecular flexibility index (Phi) is 5.28. The second-order valence-electron chi connectivity index (χ2n) is 5.68. The molecule has 1 N–H and O–H groups in total. The third-order valence-corrected chi connectivity index (χ3v) is 4.92. The van der Waals surface area contributed by atoms with E-state index in [4.69, 9.17) is 11.6 Å². The zero-order valence-electron chi connectivity index (χ0n) is 12.4. The van der Waals surface area contributed by atoms with Crippen LogP contribution < -0.4 is 5.32 Å². The van der Waals surface area contributed by atoms with Crippen LogP contribution in [-0.4, -0.2) is 22.9 Å². The monoisotopic (exact) mass is 283 g/mol. The Bertz CT molecular complexity index is 414. The topological polar surface area (TPSA) is 29.9 Å². The van der Waals surface area contributed by atoms with Gasteiger partial charge in [-0.3, -0.25) is 4.68 Å². The van der Waals surface area contributed by atoms with Gasteiger partial charge >= 0.3 is 0 Å². The van der Waals surface area contributed by atoms with Gasteiger partial charge in [0.15, 0.2) is 0 Å². The number of hydrogen-bond acceptors (Lipinski definition) is 2. The second-order valence-corrected chi connectivity index (χ2v) is 6.06. The Morgan fingerprint density at radius 2 is 2.05 bits per heavy atom. The Labute approximate surface area is 121 Å². The highest BCUT2D eigenvalue weighted by molar-refractivity contribution is 6.31. The van der Waals surface area contributed by atoms with Crippen molar-refractivity contribution in [2.24, 2.45) is 13.0 Å². The number of rotatable bonds is 4. The number of aryl methyl sites for hydroxylation is 2. The molecule has 4 heteroatoms. The van der Waals surface area contributed by atoms with Gasteiger partial charge in [0.05, 0.1) is 16.4 Å². The highest BCUT2D eigenvalue weighted by Gasteiger charge is 2.25. The van der Waals surface area contributed by atoms with Crippen LogP contribution in [0.4, 0.5) is 0 Å². The van der Waals surface area contributed by atoms with Crippen LogP contribution >= 0.6 is 11.6 Å². The first kappa shape index (κ1) is 14.9. The third kappa shape index (κ3) is 3.32. The predicted octanol–water partition coefficient (Wildman–Crippen LogP) is 3.35. The first-order valence-corrected chi connectivity index (χ1v) is 7.92. The molecule has 1 aliphatic rings.